The van der Waals surface area contributed by atoms with Crippen molar-refractivity contribution in [3.05, 3.63) is 29.1 Å². The first-order valence-corrected chi connectivity index (χ1v) is 7.24. The van der Waals surface area contributed by atoms with Crippen molar-refractivity contribution in [3.63, 3.8) is 0 Å². The summed E-state index contributed by atoms with van der Waals surface area (Å²) in [7, 11) is 1.81. The molecule has 0 radical (unpaired) electrons. The summed E-state index contributed by atoms with van der Waals surface area (Å²) in [4.78, 5) is 13.3. The average molecular weight is 295 g/mol. The quantitative estimate of drug-likeness (QED) is 0.819. The average Bonchev–Trinajstić information content (AvgIpc) is 2.79. The first-order chi connectivity index (χ1) is 9.81. The number of rotatable bonds is 5. The summed E-state index contributed by atoms with van der Waals surface area (Å²) in [5.41, 5.74) is -0.330. The number of benzene rings is 1. The number of hydrogen-bond donors (Lipinski definition) is 2. The number of carbonyl (C=O) groups excluding carboxylic acids is 1. The Bertz CT molecular complexity index is 539. The molecule has 0 unspecified atom stereocenters. The Morgan fingerprint density at radius 3 is 2.57 bits per heavy atom. The fourth-order valence-corrected chi connectivity index (χ4v) is 3.08. The van der Waals surface area contributed by atoms with Gasteiger partial charge in [0.1, 0.15) is 11.6 Å². The number of ketones is 1. The minimum atomic E-state index is -0.693. The highest BCUT2D eigenvalue weighted by Crippen LogP contribution is 2.31. The number of phenols is 1. The lowest BCUT2D eigenvalue weighted by atomic mass is 10.0. The molecule has 0 spiro atoms. The maximum Gasteiger partial charge on any atom is 0.163 e. The summed E-state index contributed by atoms with van der Waals surface area (Å²) < 4.78 is 13.6. The molecule has 1 aliphatic carbocycles. The highest BCUT2D eigenvalue weighted by Gasteiger charge is 2.32. The highest BCUT2D eigenvalue weighted by atomic mass is 19.1. The van der Waals surface area contributed by atoms with Crippen molar-refractivity contribution in [1.82, 2.24) is 4.90 Å². The van der Waals surface area contributed by atoms with E-state index in [1.807, 2.05) is 11.9 Å². The van der Waals surface area contributed by atoms with Crippen LogP contribution in [0.4, 0.5) is 4.39 Å². The SMILES string of the molecule is CC(=O)c1cc(F)cc(CN(C)CC2(O)CCCC2)c1O. The van der Waals surface area contributed by atoms with Gasteiger partial charge in [-0.15, -0.1) is 0 Å². The van der Waals surface area contributed by atoms with E-state index in [4.69, 9.17) is 0 Å². The molecule has 1 saturated carbocycles. The number of carbonyl (C=O) groups is 1. The number of halogens is 1. The first kappa shape index (κ1) is 15.9. The van der Waals surface area contributed by atoms with Crippen LogP contribution < -0.4 is 0 Å². The molecule has 0 amide bonds. The highest BCUT2D eigenvalue weighted by molar-refractivity contribution is 5.97. The Balaban J connectivity index is 2.13. The van der Waals surface area contributed by atoms with Gasteiger partial charge in [-0.05, 0) is 38.9 Å². The third-order valence-electron chi connectivity index (χ3n) is 4.07. The fourth-order valence-electron chi connectivity index (χ4n) is 3.08. The van der Waals surface area contributed by atoms with E-state index < -0.39 is 11.4 Å². The van der Waals surface area contributed by atoms with Crippen LogP contribution in [0.25, 0.3) is 0 Å². The topological polar surface area (TPSA) is 60.8 Å². The number of aromatic hydroxyl groups is 1. The van der Waals surface area contributed by atoms with E-state index in [-0.39, 0.29) is 23.6 Å². The molecule has 4 nitrogen and oxygen atoms in total. The maximum atomic E-state index is 13.6. The minimum Gasteiger partial charge on any atom is -0.507 e. The molecule has 1 fully saturated rings. The second-order valence-corrected chi connectivity index (χ2v) is 6.12. The van der Waals surface area contributed by atoms with E-state index in [1.165, 1.54) is 13.0 Å². The first-order valence-electron chi connectivity index (χ1n) is 7.24. The van der Waals surface area contributed by atoms with Crippen LogP contribution in [0.3, 0.4) is 0 Å². The molecule has 0 heterocycles. The van der Waals surface area contributed by atoms with Crippen LogP contribution in [0.15, 0.2) is 12.1 Å². The number of nitrogens with zero attached hydrogens (tertiary/aromatic N) is 1. The normalized spacial score (nSPS) is 17.4. The molecule has 2 N–H and O–H groups in total. The molecule has 21 heavy (non-hydrogen) atoms. The van der Waals surface area contributed by atoms with Gasteiger partial charge >= 0.3 is 0 Å². The summed E-state index contributed by atoms with van der Waals surface area (Å²) in [5, 5.41) is 20.5. The summed E-state index contributed by atoms with van der Waals surface area (Å²) in [5.74, 6) is -1.08. The van der Waals surface area contributed by atoms with Gasteiger partial charge in [0.15, 0.2) is 5.78 Å². The smallest absolute Gasteiger partial charge is 0.163 e. The van der Waals surface area contributed by atoms with Gasteiger partial charge in [-0.3, -0.25) is 9.69 Å². The zero-order chi connectivity index (χ0) is 15.6. The molecule has 0 atom stereocenters. The third-order valence-corrected chi connectivity index (χ3v) is 4.07. The Hall–Kier alpha value is -1.46. The van der Waals surface area contributed by atoms with Crippen LogP contribution in [-0.4, -0.2) is 40.1 Å². The standard InChI is InChI=1S/C16H22FNO3/c1-11(19)14-8-13(17)7-12(15(14)20)9-18(2)10-16(21)5-3-4-6-16/h7-8,20-21H,3-6,9-10H2,1-2H3. The van der Waals surface area contributed by atoms with E-state index in [0.717, 1.165) is 31.7 Å². The van der Waals surface area contributed by atoms with Crippen LogP contribution in [0.2, 0.25) is 0 Å². The number of phenolic OH excluding ortho intramolecular Hbond substituents is 1. The predicted octanol–water partition coefficient (Wildman–Crippen LogP) is 2.47. The fraction of sp³-hybridized carbons (Fsp3) is 0.562. The number of Topliss-reactive ketones (excluding diaryl/α,β-unsaturated/α-hetero) is 1. The van der Waals surface area contributed by atoms with E-state index in [9.17, 15) is 19.4 Å². The minimum absolute atomic E-state index is 0.00187. The molecular formula is C16H22FNO3. The second kappa shape index (κ2) is 6.12. The maximum absolute atomic E-state index is 13.6. The molecule has 2 rings (SSSR count). The lowest BCUT2D eigenvalue weighted by Crippen LogP contribution is -2.38. The Labute approximate surface area is 124 Å². The molecule has 116 valence electrons. The molecule has 0 saturated heterocycles. The second-order valence-electron chi connectivity index (χ2n) is 6.12. The molecule has 5 heteroatoms. The van der Waals surface area contributed by atoms with Crippen molar-refractivity contribution in [2.45, 2.75) is 44.8 Å². The zero-order valence-corrected chi connectivity index (χ0v) is 12.5. The molecule has 0 bridgehead atoms. The zero-order valence-electron chi connectivity index (χ0n) is 12.5. The summed E-state index contributed by atoms with van der Waals surface area (Å²) in [6.07, 6.45) is 3.57. The van der Waals surface area contributed by atoms with Gasteiger partial charge in [-0.1, -0.05) is 12.8 Å². The van der Waals surface area contributed by atoms with Crippen LogP contribution in [0, 0.1) is 5.82 Å². The number of likely N-dealkylation sites (N-methyl/N-ethyl adjacent to an activating group) is 1. The number of hydrogen-bond acceptors (Lipinski definition) is 4. The Morgan fingerprint density at radius 1 is 1.38 bits per heavy atom. The summed E-state index contributed by atoms with van der Waals surface area (Å²) >= 11 is 0. The predicted molar refractivity (Wildman–Crippen MR) is 77.8 cm³/mol. The molecule has 0 aliphatic heterocycles. The van der Waals surface area contributed by atoms with E-state index in [0.29, 0.717) is 12.1 Å². The molecule has 1 aliphatic rings. The van der Waals surface area contributed by atoms with Crippen LogP contribution in [0.1, 0.15) is 48.5 Å². The van der Waals surface area contributed by atoms with Crippen molar-refractivity contribution < 1.29 is 19.4 Å². The largest absolute Gasteiger partial charge is 0.507 e. The lowest BCUT2D eigenvalue weighted by molar-refractivity contribution is 0.0143. The third kappa shape index (κ3) is 3.80. The van der Waals surface area contributed by atoms with Crippen LogP contribution >= 0.6 is 0 Å². The number of aliphatic hydroxyl groups is 1. The van der Waals surface area contributed by atoms with Crippen molar-refractivity contribution >= 4 is 5.78 Å². The molecule has 1 aromatic carbocycles. The monoisotopic (exact) mass is 295 g/mol. The van der Waals surface area contributed by atoms with Gasteiger partial charge in [0.25, 0.3) is 0 Å². The summed E-state index contributed by atoms with van der Waals surface area (Å²) in [6, 6.07) is 2.28. The summed E-state index contributed by atoms with van der Waals surface area (Å²) in [6.45, 7) is 2.05. The van der Waals surface area contributed by atoms with Crippen molar-refractivity contribution in [2.24, 2.45) is 0 Å². The van der Waals surface area contributed by atoms with Crippen LogP contribution in [0.5, 0.6) is 5.75 Å². The van der Waals surface area contributed by atoms with Gasteiger partial charge in [-0.2, -0.15) is 0 Å². The Morgan fingerprint density at radius 2 is 2.00 bits per heavy atom. The lowest BCUT2D eigenvalue weighted by Gasteiger charge is -2.28. The van der Waals surface area contributed by atoms with Gasteiger partial charge in [0.05, 0.1) is 11.2 Å². The van der Waals surface area contributed by atoms with Crippen molar-refractivity contribution in [3.8, 4) is 5.75 Å². The van der Waals surface area contributed by atoms with Gasteiger partial charge < -0.3 is 10.2 Å². The van der Waals surface area contributed by atoms with E-state index >= 15 is 0 Å². The van der Waals surface area contributed by atoms with Crippen molar-refractivity contribution in [1.29, 1.82) is 0 Å². The van der Waals surface area contributed by atoms with Gasteiger partial charge in [0.2, 0.25) is 0 Å². The van der Waals surface area contributed by atoms with E-state index in [2.05, 4.69) is 0 Å². The van der Waals surface area contributed by atoms with Crippen LogP contribution in [-0.2, 0) is 6.54 Å². The molecular weight excluding hydrogens is 273 g/mol. The molecule has 1 aromatic rings. The van der Waals surface area contributed by atoms with Crippen molar-refractivity contribution in [2.75, 3.05) is 13.6 Å². The molecule has 0 aromatic heterocycles. The Kier molecular flexibility index (Phi) is 4.64. The van der Waals surface area contributed by atoms with Gasteiger partial charge in [0, 0.05) is 18.7 Å². The van der Waals surface area contributed by atoms with E-state index in [1.54, 1.807) is 0 Å². The van der Waals surface area contributed by atoms with Gasteiger partial charge in [-0.25, -0.2) is 4.39 Å².